The van der Waals surface area contributed by atoms with Crippen LogP contribution in [0.2, 0.25) is 0 Å². The van der Waals surface area contributed by atoms with Crippen LogP contribution in [0.25, 0.3) is 32.9 Å². The van der Waals surface area contributed by atoms with Crippen molar-refractivity contribution >= 4 is 44.0 Å². The lowest BCUT2D eigenvalue weighted by atomic mass is 10.0. The van der Waals surface area contributed by atoms with Crippen LogP contribution in [-0.2, 0) is 10.8 Å². The van der Waals surface area contributed by atoms with E-state index in [4.69, 9.17) is 10.7 Å². The number of rotatable bonds is 5. The zero-order valence-electron chi connectivity index (χ0n) is 16.2. The molecular weight excluding hydrogens is 418 g/mol. The highest BCUT2D eigenvalue weighted by Gasteiger charge is 2.29. The van der Waals surface area contributed by atoms with Crippen molar-refractivity contribution in [3.8, 4) is 22.6 Å². The third-order valence-electron chi connectivity index (χ3n) is 5.18. The summed E-state index contributed by atoms with van der Waals surface area (Å²) in [4.78, 5) is 22.9. The van der Waals surface area contributed by atoms with Crippen LogP contribution in [0.5, 0.6) is 0 Å². The number of aromatic nitrogens is 5. The van der Waals surface area contributed by atoms with Gasteiger partial charge < -0.3 is 11.1 Å². The highest BCUT2D eigenvalue weighted by Crippen LogP contribution is 2.43. The Bertz CT molecular complexity index is 1240. The molecule has 1 aliphatic carbocycles. The fraction of sp³-hybridized carbons (Fsp3) is 0.250. The van der Waals surface area contributed by atoms with Gasteiger partial charge >= 0.3 is 0 Å². The molecule has 0 aliphatic heterocycles. The van der Waals surface area contributed by atoms with Crippen LogP contribution in [-0.4, -0.2) is 41.4 Å². The largest absolute Gasteiger partial charge is 0.396 e. The Kier molecular flexibility index (Phi) is 4.87. The molecule has 0 spiro atoms. The molecule has 1 saturated carbocycles. The maximum atomic E-state index is 13.0. The van der Waals surface area contributed by atoms with E-state index in [1.54, 1.807) is 37.9 Å². The SMILES string of the molecule is CNc1ncc(-c2cc(-c3ncccn3)c3c(N)c(S(=O)C4CCC4)sc3n2)cn1. The lowest BCUT2D eigenvalue weighted by Crippen LogP contribution is -2.23. The summed E-state index contributed by atoms with van der Waals surface area (Å²) in [6.45, 7) is 0. The van der Waals surface area contributed by atoms with Gasteiger partial charge in [0.05, 0.1) is 22.2 Å². The van der Waals surface area contributed by atoms with Crippen LogP contribution in [0, 0.1) is 0 Å². The number of pyridine rings is 1. The van der Waals surface area contributed by atoms with E-state index in [1.807, 2.05) is 6.07 Å². The molecule has 5 rings (SSSR count). The van der Waals surface area contributed by atoms with E-state index in [-0.39, 0.29) is 5.25 Å². The predicted octanol–water partition coefficient (Wildman–Crippen LogP) is 3.49. The number of nitrogen functional groups attached to an aromatic ring is 1. The van der Waals surface area contributed by atoms with Gasteiger partial charge in [-0.25, -0.2) is 24.9 Å². The number of anilines is 2. The molecule has 4 aromatic rings. The Labute approximate surface area is 179 Å². The second kappa shape index (κ2) is 7.69. The summed E-state index contributed by atoms with van der Waals surface area (Å²) in [5, 5.41) is 3.84. The van der Waals surface area contributed by atoms with Crippen molar-refractivity contribution in [2.75, 3.05) is 18.1 Å². The number of hydrogen-bond acceptors (Lipinski definition) is 9. The molecule has 30 heavy (non-hydrogen) atoms. The van der Waals surface area contributed by atoms with Crippen molar-refractivity contribution in [3.05, 3.63) is 36.9 Å². The molecule has 0 amide bonds. The van der Waals surface area contributed by atoms with Crippen molar-refractivity contribution in [3.63, 3.8) is 0 Å². The van der Waals surface area contributed by atoms with Gasteiger partial charge in [0.1, 0.15) is 9.04 Å². The Balaban J connectivity index is 1.72. The third kappa shape index (κ3) is 3.21. The van der Waals surface area contributed by atoms with Crippen LogP contribution in [0.4, 0.5) is 11.6 Å². The number of nitrogens with zero attached hydrogens (tertiary/aromatic N) is 5. The first-order valence-corrected chi connectivity index (χ1v) is 11.6. The van der Waals surface area contributed by atoms with Crippen molar-refractivity contribution in [1.82, 2.24) is 24.9 Å². The summed E-state index contributed by atoms with van der Waals surface area (Å²) in [5.74, 6) is 1.08. The zero-order chi connectivity index (χ0) is 20.7. The van der Waals surface area contributed by atoms with E-state index in [9.17, 15) is 4.21 Å². The summed E-state index contributed by atoms with van der Waals surface area (Å²) in [5.41, 5.74) is 9.25. The van der Waals surface area contributed by atoms with Crippen molar-refractivity contribution in [2.24, 2.45) is 0 Å². The van der Waals surface area contributed by atoms with Crippen LogP contribution < -0.4 is 11.1 Å². The minimum Gasteiger partial charge on any atom is -0.396 e. The van der Waals surface area contributed by atoms with Gasteiger partial charge in [0.25, 0.3) is 0 Å². The topological polar surface area (TPSA) is 120 Å². The molecule has 1 fully saturated rings. The maximum absolute atomic E-state index is 13.0. The highest BCUT2D eigenvalue weighted by atomic mass is 32.2. The van der Waals surface area contributed by atoms with Crippen molar-refractivity contribution in [1.29, 1.82) is 0 Å². The Morgan fingerprint density at radius 3 is 2.53 bits per heavy atom. The maximum Gasteiger partial charge on any atom is 0.222 e. The number of nitrogens with one attached hydrogen (secondary N) is 1. The predicted molar refractivity (Wildman–Crippen MR) is 120 cm³/mol. The average Bonchev–Trinajstić information content (AvgIpc) is 3.09. The molecule has 0 saturated heterocycles. The first-order chi connectivity index (χ1) is 14.7. The number of fused-ring (bicyclic) bond motifs is 1. The van der Waals surface area contributed by atoms with Crippen LogP contribution in [0.3, 0.4) is 0 Å². The summed E-state index contributed by atoms with van der Waals surface area (Å²) in [7, 11) is 0.640. The van der Waals surface area contributed by atoms with Gasteiger partial charge in [-0.05, 0) is 25.0 Å². The molecule has 152 valence electrons. The average molecular weight is 438 g/mol. The second-order valence-corrected chi connectivity index (χ2v) is 9.93. The van der Waals surface area contributed by atoms with E-state index < -0.39 is 10.8 Å². The van der Waals surface area contributed by atoms with E-state index >= 15 is 0 Å². The zero-order valence-corrected chi connectivity index (χ0v) is 17.8. The number of nitrogens with two attached hydrogens (primary N) is 1. The minimum absolute atomic E-state index is 0.179. The summed E-state index contributed by atoms with van der Waals surface area (Å²) < 4.78 is 13.7. The molecule has 3 N–H and O–H groups in total. The second-order valence-electron chi connectivity index (χ2n) is 7.01. The van der Waals surface area contributed by atoms with Gasteiger partial charge in [-0.3, -0.25) is 4.21 Å². The Morgan fingerprint density at radius 1 is 1.17 bits per heavy atom. The van der Waals surface area contributed by atoms with Gasteiger partial charge in [-0.2, -0.15) is 0 Å². The third-order valence-corrected chi connectivity index (χ3v) is 8.48. The lowest BCUT2D eigenvalue weighted by Gasteiger charge is -2.23. The van der Waals surface area contributed by atoms with Crippen LogP contribution in [0.1, 0.15) is 19.3 Å². The quantitative estimate of drug-likeness (QED) is 0.487. The molecule has 4 heterocycles. The van der Waals surface area contributed by atoms with Gasteiger partial charge in [-0.1, -0.05) is 6.42 Å². The molecule has 0 aromatic carbocycles. The first kappa shape index (κ1) is 19.0. The normalized spacial score (nSPS) is 15.1. The molecule has 10 heteroatoms. The highest BCUT2D eigenvalue weighted by molar-refractivity contribution is 7.88. The lowest BCUT2D eigenvalue weighted by molar-refractivity contribution is 0.505. The number of hydrogen-bond donors (Lipinski definition) is 2. The molecule has 0 radical (unpaired) electrons. The first-order valence-electron chi connectivity index (χ1n) is 9.57. The number of thiophene rings is 1. The molecule has 0 bridgehead atoms. The Morgan fingerprint density at radius 2 is 1.90 bits per heavy atom. The smallest absolute Gasteiger partial charge is 0.222 e. The molecular formula is C20H19N7OS2. The fourth-order valence-electron chi connectivity index (χ4n) is 3.34. The van der Waals surface area contributed by atoms with E-state index in [1.165, 1.54) is 11.3 Å². The van der Waals surface area contributed by atoms with Gasteiger partial charge in [0.2, 0.25) is 5.95 Å². The van der Waals surface area contributed by atoms with Crippen molar-refractivity contribution in [2.45, 2.75) is 28.7 Å². The molecule has 1 aliphatic rings. The molecule has 1 atom stereocenters. The van der Waals surface area contributed by atoms with E-state index in [0.717, 1.165) is 35.8 Å². The standard InChI is InChI=1S/C20H19N7OS2/c1-22-20-25-9-11(10-26-20)14-8-13(17-23-6-3-7-24-17)15-16(21)19(29-18(15)27-14)30(28)12-4-2-5-12/h3,6-10,12H,2,4-5,21H2,1H3,(H,22,25,26). The van der Waals surface area contributed by atoms with Crippen LogP contribution >= 0.6 is 11.3 Å². The van der Waals surface area contributed by atoms with E-state index in [2.05, 4.69) is 25.3 Å². The van der Waals surface area contributed by atoms with Crippen LogP contribution in [0.15, 0.2) is 41.1 Å². The van der Waals surface area contributed by atoms with Gasteiger partial charge in [0, 0.05) is 53.6 Å². The van der Waals surface area contributed by atoms with E-state index in [0.29, 0.717) is 32.2 Å². The summed E-state index contributed by atoms with van der Waals surface area (Å²) >= 11 is 1.39. The van der Waals surface area contributed by atoms with Gasteiger partial charge in [-0.15, -0.1) is 11.3 Å². The molecule has 1 unspecified atom stereocenters. The Hall–Kier alpha value is -2.98. The monoisotopic (exact) mass is 437 g/mol. The summed E-state index contributed by atoms with van der Waals surface area (Å²) in [6.07, 6.45) is 9.88. The minimum atomic E-state index is -1.13. The van der Waals surface area contributed by atoms with Gasteiger partial charge in [0.15, 0.2) is 5.82 Å². The fourth-order valence-corrected chi connectivity index (χ4v) is 6.55. The summed E-state index contributed by atoms with van der Waals surface area (Å²) in [6, 6.07) is 3.66. The molecule has 8 nitrogen and oxygen atoms in total. The molecule has 4 aromatic heterocycles. The van der Waals surface area contributed by atoms with Crippen molar-refractivity contribution < 1.29 is 4.21 Å².